The van der Waals surface area contributed by atoms with Gasteiger partial charge in [-0.2, -0.15) is 0 Å². The number of Topliss-reactive ketones (excluding diaryl/α,β-unsaturated/α-hetero) is 1. The minimum atomic E-state index is -1.06. The Kier molecular flexibility index (Phi) is 3.78. The summed E-state index contributed by atoms with van der Waals surface area (Å²) in [4.78, 5) is 23.6. The lowest BCUT2D eigenvalue weighted by Gasteiger charge is -2.21. The van der Waals surface area contributed by atoms with Crippen LogP contribution in [0.15, 0.2) is 22.7 Å². The Bertz CT molecular complexity index is 515. The van der Waals surface area contributed by atoms with Crippen LogP contribution in [0.2, 0.25) is 5.02 Å². The molecule has 1 aromatic carbocycles. The molecule has 1 aromatic rings. The Morgan fingerprint density at radius 2 is 2.28 bits per heavy atom. The number of carbonyl (C=O) groups excluding carboxylic acids is 2. The van der Waals surface area contributed by atoms with Crippen LogP contribution in [0, 0.1) is 5.41 Å². The summed E-state index contributed by atoms with van der Waals surface area (Å²) in [7, 11) is 0. The molecular formula is C13H12BrClO3. The first-order valence-corrected chi connectivity index (χ1v) is 6.75. The number of benzene rings is 1. The summed E-state index contributed by atoms with van der Waals surface area (Å²) in [5, 5.41) is 0.546. The molecule has 18 heavy (non-hydrogen) atoms. The van der Waals surface area contributed by atoms with Gasteiger partial charge in [-0.05, 0) is 31.0 Å². The summed E-state index contributed by atoms with van der Waals surface area (Å²) in [6.45, 7) is 1.73. The number of ketones is 1. The Hall–Kier alpha value is -0.870. The van der Waals surface area contributed by atoms with E-state index in [0.717, 1.165) is 10.0 Å². The second-order valence-electron chi connectivity index (χ2n) is 4.44. The van der Waals surface area contributed by atoms with E-state index in [1.54, 1.807) is 6.07 Å². The van der Waals surface area contributed by atoms with E-state index < -0.39 is 11.4 Å². The quantitative estimate of drug-likeness (QED) is 0.631. The molecule has 1 aliphatic rings. The lowest BCUT2D eigenvalue weighted by molar-refractivity contribution is -0.150. The van der Waals surface area contributed by atoms with Crippen molar-refractivity contribution in [1.29, 1.82) is 0 Å². The molecule has 1 fully saturated rings. The van der Waals surface area contributed by atoms with E-state index in [-0.39, 0.29) is 5.78 Å². The number of cyclic esters (lactones) is 1. The van der Waals surface area contributed by atoms with Crippen molar-refractivity contribution < 1.29 is 14.3 Å². The van der Waals surface area contributed by atoms with Crippen LogP contribution in [0.25, 0.3) is 0 Å². The molecule has 1 saturated heterocycles. The summed E-state index contributed by atoms with van der Waals surface area (Å²) in [5.41, 5.74) is -0.272. The lowest BCUT2D eigenvalue weighted by Crippen LogP contribution is -2.36. The van der Waals surface area contributed by atoms with Crippen LogP contribution in [0.5, 0.6) is 0 Å². The number of ether oxygens (including phenoxy) is 1. The van der Waals surface area contributed by atoms with Crippen molar-refractivity contribution in [1.82, 2.24) is 0 Å². The number of halogens is 2. The van der Waals surface area contributed by atoms with Gasteiger partial charge in [-0.1, -0.05) is 33.6 Å². The number of esters is 1. The van der Waals surface area contributed by atoms with Crippen LogP contribution < -0.4 is 0 Å². The Morgan fingerprint density at radius 1 is 1.56 bits per heavy atom. The van der Waals surface area contributed by atoms with Crippen molar-refractivity contribution in [3.05, 3.63) is 33.3 Å². The van der Waals surface area contributed by atoms with Crippen LogP contribution in [0.3, 0.4) is 0 Å². The van der Waals surface area contributed by atoms with Gasteiger partial charge in [0, 0.05) is 15.9 Å². The Labute approximate surface area is 119 Å². The van der Waals surface area contributed by atoms with Crippen LogP contribution in [-0.2, 0) is 20.7 Å². The topological polar surface area (TPSA) is 43.4 Å². The van der Waals surface area contributed by atoms with E-state index in [0.29, 0.717) is 24.5 Å². The molecule has 5 heteroatoms. The molecule has 0 N–H and O–H groups in total. The van der Waals surface area contributed by atoms with E-state index in [9.17, 15) is 9.59 Å². The van der Waals surface area contributed by atoms with Gasteiger partial charge >= 0.3 is 5.97 Å². The molecule has 0 amide bonds. The SMILES string of the molecule is CC(=O)C1(Cc2ccc(Br)cc2Cl)CCOC1=O. The Balaban J connectivity index is 2.36. The standard InChI is InChI=1S/C13H12BrClO3/c1-8(16)13(4-5-18-12(13)17)7-9-2-3-10(14)6-11(9)15/h2-3,6H,4-5,7H2,1H3. The van der Waals surface area contributed by atoms with Gasteiger partial charge in [-0.3, -0.25) is 9.59 Å². The van der Waals surface area contributed by atoms with Crippen LogP contribution in [0.4, 0.5) is 0 Å². The molecule has 0 bridgehead atoms. The van der Waals surface area contributed by atoms with E-state index in [1.165, 1.54) is 6.92 Å². The first-order valence-electron chi connectivity index (χ1n) is 5.58. The highest BCUT2D eigenvalue weighted by Crippen LogP contribution is 2.37. The van der Waals surface area contributed by atoms with Gasteiger partial charge in [-0.25, -0.2) is 0 Å². The summed E-state index contributed by atoms with van der Waals surface area (Å²) in [6, 6.07) is 5.42. The number of hydrogen-bond donors (Lipinski definition) is 0. The lowest BCUT2D eigenvalue weighted by atomic mass is 9.77. The normalized spacial score (nSPS) is 22.9. The average Bonchev–Trinajstić information content (AvgIpc) is 2.65. The van der Waals surface area contributed by atoms with Gasteiger partial charge in [0.25, 0.3) is 0 Å². The second kappa shape index (κ2) is 5.02. The molecule has 2 rings (SSSR count). The van der Waals surface area contributed by atoms with Crippen LogP contribution in [0.1, 0.15) is 18.9 Å². The van der Waals surface area contributed by atoms with Crippen molar-refractivity contribution in [2.45, 2.75) is 19.8 Å². The monoisotopic (exact) mass is 330 g/mol. The van der Waals surface area contributed by atoms with E-state index in [2.05, 4.69) is 15.9 Å². The third-order valence-corrected chi connectivity index (χ3v) is 4.18. The van der Waals surface area contributed by atoms with Gasteiger partial charge in [0.1, 0.15) is 11.2 Å². The predicted molar refractivity (Wildman–Crippen MR) is 71.5 cm³/mol. The zero-order chi connectivity index (χ0) is 13.3. The molecule has 0 aromatic heterocycles. The average molecular weight is 332 g/mol. The highest BCUT2D eigenvalue weighted by Gasteiger charge is 2.48. The van der Waals surface area contributed by atoms with Crippen molar-refractivity contribution in [3.8, 4) is 0 Å². The van der Waals surface area contributed by atoms with Gasteiger partial charge in [-0.15, -0.1) is 0 Å². The molecule has 0 saturated carbocycles. The van der Waals surface area contributed by atoms with E-state index >= 15 is 0 Å². The van der Waals surface area contributed by atoms with Gasteiger partial charge < -0.3 is 4.74 Å². The maximum Gasteiger partial charge on any atom is 0.320 e. The predicted octanol–water partition coefficient (Wildman–Crippen LogP) is 3.17. The van der Waals surface area contributed by atoms with Gasteiger partial charge in [0.05, 0.1) is 6.61 Å². The first-order chi connectivity index (χ1) is 8.45. The van der Waals surface area contributed by atoms with Crippen LogP contribution >= 0.6 is 27.5 Å². The molecule has 0 spiro atoms. The summed E-state index contributed by atoms with van der Waals surface area (Å²) < 4.78 is 5.82. The summed E-state index contributed by atoms with van der Waals surface area (Å²) in [6.07, 6.45) is 0.723. The molecule has 0 aliphatic carbocycles. The van der Waals surface area contributed by atoms with Gasteiger partial charge in [0.2, 0.25) is 0 Å². The number of rotatable bonds is 3. The summed E-state index contributed by atoms with van der Waals surface area (Å²) >= 11 is 9.45. The minimum Gasteiger partial charge on any atom is -0.465 e. The van der Waals surface area contributed by atoms with Gasteiger partial charge in [0.15, 0.2) is 0 Å². The van der Waals surface area contributed by atoms with Crippen molar-refractivity contribution >= 4 is 39.3 Å². The summed E-state index contributed by atoms with van der Waals surface area (Å²) in [5.74, 6) is -0.599. The fraction of sp³-hybridized carbons (Fsp3) is 0.385. The molecular weight excluding hydrogens is 319 g/mol. The largest absolute Gasteiger partial charge is 0.465 e. The zero-order valence-corrected chi connectivity index (χ0v) is 12.2. The molecule has 3 nitrogen and oxygen atoms in total. The fourth-order valence-electron chi connectivity index (χ4n) is 2.15. The second-order valence-corrected chi connectivity index (χ2v) is 5.76. The van der Waals surface area contributed by atoms with E-state index in [1.807, 2.05) is 12.1 Å². The number of hydrogen-bond acceptors (Lipinski definition) is 3. The van der Waals surface area contributed by atoms with Crippen LogP contribution in [-0.4, -0.2) is 18.4 Å². The van der Waals surface area contributed by atoms with Crippen molar-refractivity contribution in [2.75, 3.05) is 6.61 Å². The molecule has 1 unspecified atom stereocenters. The fourth-order valence-corrected chi connectivity index (χ4v) is 2.89. The van der Waals surface area contributed by atoms with Crippen molar-refractivity contribution in [3.63, 3.8) is 0 Å². The third kappa shape index (κ3) is 2.31. The highest BCUT2D eigenvalue weighted by atomic mass is 79.9. The smallest absolute Gasteiger partial charge is 0.320 e. The highest BCUT2D eigenvalue weighted by molar-refractivity contribution is 9.10. The van der Waals surface area contributed by atoms with E-state index in [4.69, 9.17) is 16.3 Å². The molecule has 1 aliphatic heterocycles. The zero-order valence-electron chi connectivity index (χ0n) is 9.83. The van der Waals surface area contributed by atoms with Crippen molar-refractivity contribution in [2.24, 2.45) is 5.41 Å². The third-order valence-electron chi connectivity index (χ3n) is 3.33. The Morgan fingerprint density at radius 3 is 2.78 bits per heavy atom. The minimum absolute atomic E-state index is 0.163. The first kappa shape index (κ1) is 13.6. The molecule has 0 radical (unpaired) electrons. The molecule has 96 valence electrons. The molecule has 1 atom stereocenters. The number of carbonyl (C=O) groups is 2. The maximum atomic E-state index is 11.8. The molecule has 1 heterocycles. The maximum absolute atomic E-state index is 11.8.